The van der Waals surface area contributed by atoms with E-state index in [1.54, 1.807) is 10.9 Å². The van der Waals surface area contributed by atoms with Crippen LogP contribution >= 0.6 is 0 Å². The molecule has 0 atom stereocenters. The van der Waals surface area contributed by atoms with E-state index in [9.17, 15) is 0 Å². The first-order chi connectivity index (χ1) is 7.58. The lowest BCUT2D eigenvalue weighted by molar-refractivity contribution is 0.426. The number of hydrogen-bond donors (Lipinski definition) is 2. The first kappa shape index (κ1) is 10.9. The van der Waals surface area contributed by atoms with E-state index >= 15 is 0 Å². The molecule has 16 heavy (non-hydrogen) atoms. The van der Waals surface area contributed by atoms with Gasteiger partial charge in [0.1, 0.15) is 0 Å². The monoisotopic (exact) mass is 216 g/mol. The molecule has 2 N–H and O–H groups in total. The van der Waals surface area contributed by atoms with Crippen LogP contribution in [0.1, 0.15) is 11.1 Å². The maximum atomic E-state index is 8.98. The lowest BCUT2D eigenvalue weighted by Crippen LogP contribution is -2.28. The van der Waals surface area contributed by atoms with Gasteiger partial charge in [0.2, 0.25) is 0 Å². The van der Waals surface area contributed by atoms with Gasteiger partial charge in [-0.05, 0) is 37.1 Å². The summed E-state index contributed by atoms with van der Waals surface area (Å²) in [6.45, 7) is 4.08. The van der Waals surface area contributed by atoms with Gasteiger partial charge in [-0.3, -0.25) is 0 Å². The Morgan fingerprint density at radius 3 is 2.50 bits per heavy atom. The normalized spacial score (nSPS) is 10.5. The third-order valence-electron chi connectivity index (χ3n) is 2.66. The van der Waals surface area contributed by atoms with Gasteiger partial charge in [0, 0.05) is 17.9 Å². The summed E-state index contributed by atoms with van der Waals surface area (Å²) in [6.07, 6.45) is 3.05. The molecule has 1 aromatic carbocycles. The molecule has 0 aliphatic rings. The lowest BCUT2D eigenvalue weighted by Gasteiger charge is -2.04. The molecule has 2 aromatic rings. The largest absolute Gasteiger partial charge is 0.491 e. The molecule has 1 heterocycles. The van der Waals surface area contributed by atoms with Crippen molar-refractivity contribution in [1.29, 1.82) is 0 Å². The Morgan fingerprint density at radius 1 is 1.19 bits per heavy atom. The lowest BCUT2D eigenvalue weighted by atomic mass is 9.83. The van der Waals surface area contributed by atoms with E-state index in [2.05, 4.69) is 5.10 Å². The minimum Gasteiger partial charge on any atom is -0.423 e. The summed E-state index contributed by atoms with van der Waals surface area (Å²) in [5.74, 6) is 0. The predicted octanol–water partition coefficient (Wildman–Crippen LogP) is 0.169. The Morgan fingerprint density at radius 2 is 1.94 bits per heavy atom. The second kappa shape index (κ2) is 4.12. The maximum absolute atomic E-state index is 8.98. The standard InChI is InChI=1S/C11H13BN2O2/c1-8-3-4-11(5-9(8)2)14-7-10(6-13-14)12(15)16/h3-7,15-16H,1-2H3. The van der Waals surface area contributed by atoms with Crippen LogP contribution in [0, 0.1) is 13.8 Å². The van der Waals surface area contributed by atoms with Gasteiger partial charge < -0.3 is 10.0 Å². The molecule has 0 fully saturated rings. The molecule has 1 aromatic heterocycles. The summed E-state index contributed by atoms with van der Waals surface area (Å²) in [6, 6.07) is 5.97. The van der Waals surface area contributed by atoms with Crippen molar-refractivity contribution < 1.29 is 10.0 Å². The third kappa shape index (κ3) is 2.00. The molecule has 0 saturated heterocycles. The number of nitrogens with zero attached hydrogens (tertiary/aromatic N) is 2. The maximum Gasteiger partial charge on any atom is 0.491 e. The second-order valence-electron chi connectivity index (χ2n) is 3.86. The molecule has 2 rings (SSSR count). The van der Waals surface area contributed by atoms with Crippen LogP contribution in [-0.2, 0) is 0 Å². The molecule has 0 bridgehead atoms. The molecule has 0 radical (unpaired) electrons. The van der Waals surface area contributed by atoms with Gasteiger partial charge in [-0.15, -0.1) is 0 Å². The van der Waals surface area contributed by atoms with Gasteiger partial charge in [0.25, 0.3) is 0 Å². The van der Waals surface area contributed by atoms with Crippen LogP contribution in [0.15, 0.2) is 30.6 Å². The number of aromatic nitrogens is 2. The highest BCUT2D eigenvalue weighted by Crippen LogP contribution is 2.12. The van der Waals surface area contributed by atoms with Gasteiger partial charge in [-0.25, -0.2) is 4.68 Å². The summed E-state index contributed by atoms with van der Waals surface area (Å²) in [5.41, 5.74) is 3.70. The summed E-state index contributed by atoms with van der Waals surface area (Å²) in [7, 11) is -1.47. The van der Waals surface area contributed by atoms with Crippen LogP contribution in [0.25, 0.3) is 5.69 Å². The molecule has 82 valence electrons. The Hall–Kier alpha value is -1.59. The smallest absolute Gasteiger partial charge is 0.423 e. The van der Waals surface area contributed by atoms with E-state index < -0.39 is 7.12 Å². The SMILES string of the molecule is Cc1ccc(-n2cc(B(O)O)cn2)cc1C. The average Bonchev–Trinajstić information content (AvgIpc) is 2.71. The van der Waals surface area contributed by atoms with Crippen molar-refractivity contribution in [2.75, 3.05) is 0 Å². The Labute approximate surface area is 94.3 Å². The van der Waals surface area contributed by atoms with Crippen LogP contribution in [-0.4, -0.2) is 26.9 Å². The molecule has 0 unspecified atom stereocenters. The Kier molecular flexibility index (Phi) is 2.81. The highest BCUT2D eigenvalue weighted by Gasteiger charge is 2.13. The molecular weight excluding hydrogens is 203 g/mol. The fourth-order valence-electron chi connectivity index (χ4n) is 1.48. The topological polar surface area (TPSA) is 58.3 Å². The molecule has 0 aliphatic heterocycles. The molecule has 5 heteroatoms. The number of aryl methyl sites for hydroxylation is 2. The van der Waals surface area contributed by atoms with Crippen molar-refractivity contribution in [1.82, 2.24) is 9.78 Å². The molecule has 0 saturated carbocycles. The van der Waals surface area contributed by atoms with E-state index in [0.29, 0.717) is 5.46 Å². The van der Waals surface area contributed by atoms with Gasteiger partial charge in [0.15, 0.2) is 0 Å². The zero-order valence-electron chi connectivity index (χ0n) is 9.25. The second-order valence-corrected chi connectivity index (χ2v) is 3.86. The van der Waals surface area contributed by atoms with Gasteiger partial charge in [-0.2, -0.15) is 5.10 Å². The van der Waals surface area contributed by atoms with Crippen molar-refractivity contribution >= 4 is 12.6 Å². The van der Waals surface area contributed by atoms with Crippen LogP contribution in [0.4, 0.5) is 0 Å². The Bertz CT molecular complexity index is 508. The van der Waals surface area contributed by atoms with E-state index in [1.807, 2.05) is 32.0 Å². The van der Waals surface area contributed by atoms with Crippen molar-refractivity contribution in [3.8, 4) is 5.69 Å². The Balaban J connectivity index is 2.39. The van der Waals surface area contributed by atoms with E-state index in [-0.39, 0.29) is 0 Å². The molecule has 0 aliphatic carbocycles. The van der Waals surface area contributed by atoms with Gasteiger partial charge in [0.05, 0.1) is 5.69 Å². The van der Waals surface area contributed by atoms with E-state index in [1.165, 1.54) is 17.3 Å². The summed E-state index contributed by atoms with van der Waals surface area (Å²) < 4.78 is 1.63. The van der Waals surface area contributed by atoms with Crippen molar-refractivity contribution in [2.45, 2.75) is 13.8 Å². The average molecular weight is 216 g/mol. The fourth-order valence-corrected chi connectivity index (χ4v) is 1.48. The van der Waals surface area contributed by atoms with Crippen molar-refractivity contribution in [2.24, 2.45) is 0 Å². The minimum absolute atomic E-state index is 0.387. The quantitative estimate of drug-likeness (QED) is 0.703. The molecule has 0 amide bonds. The molecule has 4 nitrogen and oxygen atoms in total. The third-order valence-corrected chi connectivity index (χ3v) is 2.66. The van der Waals surface area contributed by atoms with Crippen molar-refractivity contribution in [3.05, 3.63) is 41.7 Å². The summed E-state index contributed by atoms with van der Waals surface area (Å²) in [4.78, 5) is 0. The minimum atomic E-state index is -1.47. The number of rotatable bonds is 2. The van der Waals surface area contributed by atoms with Crippen LogP contribution in [0.2, 0.25) is 0 Å². The number of benzene rings is 1. The van der Waals surface area contributed by atoms with Crippen LogP contribution < -0.4 is 5.46 Å². The van der Waals surface area contributed by atoms with Crippen LogP contribution in [0.5, 0.6) is 0 Å². The summed E-state index contributed by atoms with van der Waals surface area (Å²) >= 11 is 0. The zero-order valence-corrected chi connectivity index (χ0v) is 9.25. The van der Waals surface area contributed by atoms with Gasteiger partial charge >= 0.3 is 7.12 Å². The van der Waals surface area contributed by atoms with E-state index in [4.69, 9.17) is 10.0 Å². The van der Waals surface area contributed by atoms with Gasteiger partial charge in [-0.1, -0.05) is 6.07 Å². The first-order valence-corrected chi connectivity index (χ1v) is 5.06. The number of hydrogen-bond acceptors (Lipinski definition) is 3. The molecular formula is C11H13BN2O2. The predicted molar refractivity (Wildman–Crippen MR) is 62.9 cm³/mol. The highest BCUT2D eigenvalue weighted by molar-refractivity contribution is 6.58. The summed E-state index contributed by atoms with van der Waals surface area (Å²) in [5, 5.41) is 22.0. The fraction of sp³-hybridized carbons (Fsp3) is 0.182. The first-order valence-electron chi connectivity index (χ1n) is 5.06. The van der Waals surface area contributed by atoms with E-state index in [0.717, 1.165) is 5.69 Å². The zero-order chi connectivity index (χ0) is 11.7. The van der Waals surface area contributed by atoms with Crippen molar-refractivity contribution in [3.63, 3.8) is 0 Å². The molecule has 0 spiro atoms. The van der Waals surface area contributed by atoms with Crippen LogP contribution in [0.3, 0.4) is 0 Å². The highest BCUT2D eigenvalue weighted by atomic mass is 16.4.